The maximum absolute atomic E-state index is 12.7. The molecule has 0 unspecified atom stereocenters. The molecule has 3 aromatic rings. The summed E-state index contributed by atoms with van der Waals surface area (Å²) in [7, 11) is 3.33. The molecule has 0 atom stereocenters. The Morgan fingerprint density at radius 3 is 2.59 bits per heavy atom. The molecule has 1 aromatic carbocycles. The quantitative estimate of drug-likeness (QED) is 0.212. The third kappa shape index (κ3) is 6.60. The monoisotopic (exact) mass is 507 g/mol. The number of carbonyl (C=O) groups is 1. The highest BCUT2D eigenvalue weighted by molar-refractivity contribution is 5.97. The number of hydrogen-bond donors (Lipinski definition) is 4. The highest BCUT2D eigenvalue weighted by atomic mass is 16.5. The third-order valence-corrected chi connectivity index (χ3v) is 5.37. The smallest absolute Gasteiger partial charge is 0.343 e. The predicted octanol–water partition coefficient (Wildman–Crippen LogP) is 3.54. The number of hydrogen-bond acceptors (Lipinski definition) is 11. The van der Waals surface area contributed by atoms with Crippen LogP contribution in [-0.2, 0) is 11.8 Å². The summed E-state index contributed by atoms with van der Waals surface area (Å²) in [5.41, 5.74) is 3.52. The molecule has 0 saturated carbocycles. The van der Waals surface area contributed by atoms with Crippen LogP contribution in [0.5, 0.6) is 5.75 Å². The lowest BCUT2D eigenvalue weighted by Gasteiger charge is -2.17. The van der Waals surface area contributed by atoms with E-state index in [0.29, 0.717) is 35.1 Å². The van der Waals surface area contributed by atoms with Gasteiger partial charge in [-0.3, -0.25) is 4.68 Å². The maximum atomic E-state index is 12.7. The van der Waals surface area contributed by atoms with Crippen LogP contribution >= 0.6 is 0 Å². The number of esters is 1. The van der Waals surface area contributed by atoms with Gasteiger partial charge in [0, 0.05) is 43.3 Å². The number of para-hydroxylation sites is 1. The summed E-state index contributed by atoms with van der Waals surface area (Å²) < 4.78 is 12.5. The molecule has 0 aliphatic rings. The van der Waals surface area contributed by atoms with Gasteiger partial charge in [-0.05, 0) is 39.8 Å². The number of aryl methyl sites for hydroxylation is 1. The first kappa shape index (κ1) is 27.1. The molecule has 4 N–H and O–H groups in total. The fourth-order valence-corrected chi connectivity index (χ4v) is 3.63. The highest BCUT2D eigenvalue weighted by Crippen LogP contribution is 2.36. The zero-order valence-electron chi connectivity index (χ0n) is 22.0. The molecule has 0 aliphatic carbocycles. The van der Waals surface area contributed by atoms with E-state index in [2.05, 4.69) is 36.0 Å². The number of allylic oxidation sites excluding steroid dienone is 1. The molecule has 12 heteroatoms. The van der Waals surface area contributed by atoms with E-state index < -0.39 is 5.97 Å². The van der Waals surface area contributed by atoms with Crippen LogP contribution in [0.3, 0.4) is 0 Å². The molecule has 37 heavy (non-hydrogen) atoms. The fourth-order valence-electron chi connectivity index (χ4n) is 3.63. The minimum Gasteiger partial charge on any atom is -0.494 e. The van der Waals surface area contributed by atoms with Gasteiger partial charge in [-0.25, -0.2) is 14.8 Å². The molecule has 0 bridgehead atoms. The molecule has 196 valence electrons. The summed E-state index contributed by atoms with van der Waals surface area (Å²) in [5.74, 6) is 0.941. The minimum absolute atomic E-state index is 0.165. The molecular weight excluding hydrogens is 474 g/mol. The number of rotatable bonds is 12. The zero-order valence-corrected chi connectivity index (χ0v) is 22.0. The molecule has 0 saturated heterocycles. The van der Waals surface area contributed by atoms with Crippen LogP contribution in [0.1, 0.15) is 38.1 Å². The summed E-state index contributed by atoms with van der Waals surface area (Å²) in [5, 5.41) is 22.1. The second-order valence-corrected chi connectivity index (χ2v) is 8.04. The standard InChI is InChI=1S/C25H33N9O3/c1-7-27-16(4)18(15(3)26)12-28-25-29-13-19(24(35)37-8-2)23(32-25)31-20-11-9-10-17(21(20)36-6)22-30-14-34(5)33-22/h9-11,13-14,26-27H,7-8,12H2,1-6H3,(H2,28,29,31,32)/b18-16-,26-15?. The number of nitrogens with one attached hydrogen (secondary N) is 4. The lowest BCUT2D eigenvalue weighted by atomic mass is 10.1. The Labute approximate surface area is 216 Å². The average Bonchev–Trinajstić information content (AvgIpc) is 3.30. The molecule has 0 amide bonds. The Balaban J connectivity index is 1.99. The van der Waals surface area contributed by atoms with Crippen molar-refractivity contribution >= 4 is 29.1 Å². The number of methoxy groups -OCH3 is 1. The fraction of sp³-hybridized carbons (Fsp3) is 0.360. The summed E-state index contributed by atoms with van der Waals surface area (Å²) in [4.78, 5) is 25.8. The molecule has 2 aromatic heterocycles. The van der Waals surface area contributed by atoms with Gasteiger partial charge in [0.15, 0.2) is 17.4 Å². The van der Waals surface area contributed by atoms with Crippen molar-refractivity contribution in [3.8, 4) is 17.1 Å². The van der Waals surface area contributed by atoms with Crippen LogP contribution in [0.15, 0.2) is 42.0 Å². The van der Waals surface area contributed by atoms with Gasteiger partial charge < -0.3 is 30.8 Å². The molecule has 0 aliphatic heterocycles. The number of ether oxygens (including phenoxy) is 2. The summed E-state index contributed by atoms with van der Waals surface area (Å²) >= 11 is 0. The molecule has 0 radical (unpaired) electrons. The molecule has 2 heterocycles. The van der Waals surface area contributed by atoms with E-state index in [-0.39, 0.29) is 23.9 Å². The predicted molar refractivity (Wildman–Crippen MR) is 143 cm³/mol. The van der Waals surface area contributed by atoms with Gasteiger partial charge in [-0.15, -0.1) is 0 Å². The lowest BCUT2D eigenvalue weighted by molar-refractivity contribution is 0.0526. The van der Waals surface area contributed by atoms with Crippen molar-refractivity contribution in [1.29, 1.82) is 5.41 Å². The Morgan fingerprint density at radius 1 is 1.19 bits per heavy atom. The normalized spacial score (nSPS) is 11.4. The van der Waals surface area contributed by atoms with Crippen LogP contribution < -0.4 is 20.7 Å². The van der Waals surface area contributed by atoms with E-state index in [1.807, 2.05) is 26.0 Å². The number of aromatic nitrogens is 5. The van der Waals surface area contributed by atoms with Gasteiger partial charge >= 0.3 is 5.97 Å². The van der Waals surface area contributed by atoms with Gasteiger partial charge in [0.25, 0.3) is 0 Å². The van der Waals surface area contributed by atoms with Crippen LogP contribution in [0.4, 0.5) is 17.5 Å². The van der Waals surface area contributed by atoms with Crippen molar-refractivity contribution < 1.29 is 14.3 Å². The Bertz CT molecular complexity index is 1300. The van der Waals surface area contributed by atoms with Gasteiger partial charge in [0.05, 0.1) is 25.0 Å². The third-order valence-electron chi connectivity index (χ3n) is 5.37. The van der Waals surface area contributed by atoms with Crippen molar-refractivity contribution in [3.05, 3.63) is 47.6 Å². The van der Waals surface area contributed by atoms with E-state index in [9.17, 15) is 4.79 Å². The molecular formula is C25H33N9O3. The summed E-state index contributed by atoms with van der Waals surface area (Å²) in [6.45, 7) is 8.66. The van der Waals surface area contributed by atoms with Gasteiger partial charge in [0.1, 0.15) is 11.9 Å². The van der Waals surface area contributed by atoms with Crippen LogP contribution in [-0.4, -0.2) is 63.2 Å². The van der Waals surface area contributed by atoms with Crippen LogP contribution in [0.2, 0.25) is 0 Å². The van der Waals surface area contributed by atoms with Gasteiger partial charge in [-0.1, -0.05) is 6.07 Å². The first-order valence-electron chi connectivity index (χ1n) is 11.9. The average molecular weight is 508 g/mol. The molecule has 12 nitrogen and oxygen atoms in total. The number of benzene rings is 1. The van der Waals surface area contributed by atoms with Gasteiger partial charge in [0.2, 0.25) is 5.95 Å². The van der Waals surface area contributed by atoms with Crippen molar-refractivity contribution in [2.24, 2.45) is 7.05 Å². The number of anilines is 3. The molecule has 0 fully saturated rings. The van der Waals surface area contributed by atoms with Crippen molar-refractivity contribution in [3.63, 3.8) is 0 Å². The van der Waals surface area contributed by atoms with Crippen LogP contribution in [0.25, 0.3) is 11.4 Å². The number of carbonyl (C=O) groups excluding carboxylic acids is 1. The van der Waals surface area contributed by atoms with Crippen molar-refractivity contribution in [1.82, 2.24) is 30.0 Å². The minimum atomic E-state index is -0.558. The lowest BCUT2D eigenvalue weighted by Crippen LogP contribution is -2.20. The van der Waals surface area contributed by atoms with E-state index in [1.165, 1.54) is 6.20 Å². The largest absolute Gasteiger partial charge is 0.494 e. The molecule has 3 rings (SSSR count). The van der Waals surface area contributed by atoms with E-state index in [0.717, 1.165) is 17.8 Å². The SMILES string of the molecule is CCN/C(C)=C(/CNc1ncc(C(=O)OCC)c(Nc2cccc(-c3ncn(C)n3)c2OC)n1)C(C)=N. The van der Waals surface area contributed by atoms with Crippen LogP contribution in [0, 0.1) is 5.41 Å². The van der Waals surface area contributed by atoms with Crippen molar-refractivity contribution in [2.75, 3.05) is 37.4 Å². The first-order valence-corrected chi connectivity index (χ1v) is 11.9. The van der Waals surface area contributed by atoms with Crippen molar-refractivity contribution in [2.45, 2.75) is 27.7 Å². The maximum Gasteiger partial charge on any atom is 0.343 e. The summed E-state index contributed by atoms with van der Waals surface area (Å²) in [6, 6.07) is 5.47. The molecule has 0 spiro atoms. The Morgan fingerprint density at radius 2 is 1.97 bits per heavy atom. The van der Waals surface area contributed by atoms with E-state index in [1.54, 1.807) is 45.1 Å². The van der Waals surface area contributed by atoms with E-state index >= 15 is 0 Å². The first-order chi connectivity index (χ1) is 17.8. The Kier molecular flexibility index (Phi) is 9.14. The summed E-state index contributed by atoms with van der Waals surface area (Å²) in [6.07, 6.45) is 3.01. The Hall–Kier alpha value is -4.48. The van der Waals surface area contributed by atoms with E-state index in [4.69, 9.17) is 14.9 Å². The second kappa shape index (κ2) is 12.5. The number of nitrogens with zero attached hydrogens (tertiary/aromatic N) is 5. The topological polar surface area (TPSA) is 152 Å². The highest BCUT2D eigenvalue weighted by Gasteiger charge is 2.20. The van der Waals surface area contributed by atoms with Gasteiger partial charge in [-0.2, -0.15) is 10.1 Å². The second-order valence-electron chi connectivity index (χ2n) is 8.04. The zero-order chi connectivity index (χ0) is 26.9.